The summed E-state index contributed by atoms with van der Waals surface area (Å²) >= 11 is 0. The van der Waals surface area contributed by atoms with Crippen LogP contribution in [0.2, 0.25) is 0 Å². The van der Waals surface area contributed by atoms with Gasteiger partial charge in [-0.05, 0) is 38.2 Å². The van der Waals surface area contributed by atoms with Gasteiger partial charge in [0.2, 0.25) is 0 Å². The largest absolute Gasteiger partial charge is 0.381 e. The lowest BCUT2D eigenvalue weighted by Crippen LogP contribution is -2.45. The Morgan fingerprint density at radius 1 is 1.29 bits per heavy atom. The lowest BCUT2D eigenvalue weighted by Gasteiger charge is -2.29. The maximum Gasteiger partial charge on any atom is 0.317 e. The monoisotopic (exact) mass is 290 g/mol. The van der Waals surface area contributed by atoms with E-state index in [-0.39, 0.29) is 12.1 Å². The molecule has 21 heavy (non-hydrogen) atoms. The van der Waals surface area contributed by atoms with E-state index in [0.717, 1.165) is 38.2 Å². The van der Waals surface area contributed by atoms with Gasteiger partial charge in [0, 0.05) is 32.3 Å². The van der Waals surface area contributed by atoms with Gasteiger partial charge in [-0.2, -0.15) is 0 Å². The fourth-order valence-corrected chi connectivity index (χ4v) is 2.55. The van der Waals surface area contributed by atoms with Crippen LogP contribution >= 0.6 is 0 Å². The Bertz CT molecular complexity index is 428. The molecule has 1 aromatic carbocycles. The Morgan fingerprint density at radius 2 is 1.95 bits per heavy atom. The van der Waals surface area contributed by atoms with Crippen molar-refractivity contribution in [2.75, 3.05) is 19.8 Å². The second-order valence-electron chi connectivity index (χ2n) is 5.95. The van der Waals surface area contributed by atoms with Crippen LogP contribution in [-0.4, -0.2) is 36.7 Å². The molecule has 2 amide bonds. The number of hydrogen-bond acceptors (Lipinski definition) is 2. The molecule has 4 nitrogen and oxygen atoms in total. The van der Waals surface area contributed by atoms with E-state index < -0.39 is 0 Å². The van der Waals surface area contributed by atoms with Crippen molar-refractivity contribution in [3.63, 3.8) is 0 Å². The molecule has 1 aromatic rings. The van der Waals surface area contributed by atoms with Crippen LogP contribution in [-0.2, 0) is 11.3 Å². The maximum absolute atomic E-state index is 12.4. The summed E-state index contributed by atoms with van der Waals surface area (Å²) in [6.45, 7) is 7.14. The number of ether oxygens (including phenoxy) is 1. The van der Waals surface area contributed by atoms with Crippen molar-refractivity contribution < 1.29 is 9.53 Å². The van der Waals surface area contributed by atoms with Gasteiger partial charge in [-0.3, -0.25) is 0 Å². The first-order valence-corrected chi connectivity index (χ1v) is 7.83. The van der Waals surface area contributed by atoms with Crippen LogP contribution in [0.3, 0.4) is 0 Å². The lowest BCUT2D eigenvalue weighted by atomic mass is 10.0. The molecule has 1 fully saturated rings. The summed E-state index contributed by atoms with van der Waals surface area (Å²) in [5, 5.41) is 3.09. The summed E-state index contributed by atoms with van der Waals surface area (Å²) in [6, 6.07) is 10.3. The predicted octanol–water partition coefficient (Wildman–Crippen LogP) is 3.03. The molecule has 116 valence electrons. The van der Waals surface area contributed by atoms with E-state index in [4.69, 9.17) is 4.74 Å². The first kappa shape index (κ1) is 15.8. The molecule has 0 bridgehead atoms. The van der Waals surface area contributed by atoms with E-state index in [1.165, 1.54) is 0 Å². The molecule has 1 heterocycles. The predicted molar refractivity (Wildman–Crippen MR) is 84.1 cm³/mol. The fraction of sp³-hybridized carbons (Fsp3) is 0.588. The minimum Gasteiger partial charge on any atom is -0.381 e. The van der Waals surface area contributed by atoms with Crippen LogP contribution < -0.4 is 5.32 Å². The molecule has 0 spiro atoms. The first-order chi connectivity index (χ1) is 10.2. The van der Waals surface area contributed by atoms with E-state index in [2.05, 4.69) is 31.3 Å². The Labute approximate surface area is 127 Å². The summed E-state index contributed by atoms with van der Waals surface area (Å²) in [4.78, 5) is 14.3. The van der Waals surface area contributed by atoms with E-state index >= 15 is 0 Å². The number of nitrogens with zero attached hydrogens (tertiary/aromatic N) is 1. The molecule has 0 unspecified atom stereocenters. The zero-order valence-corrected chi connectivity index (χ0v) is 13.0. The van der Waals surface area contributed by atoms with E-state index in [1.807, 2.05) is 23.1 Å². The number of carbonyl (C=O) groups excluding carboxylic acids is 1. The summed E-state index contributed by atoms with van der Waals surface area (Å²) < 4.78 is 5.35. The van der Waals surface area contributed by atoms with Crippen LogP contribution in [0.15, 0.2) is 30.3 Å². The molecule has 0 radical (unpaired) electrons. The van der Waals surface area contributed by atoms with Crippen molar-refractivity contribution in [3.05, 3.63) is 35.9 Å². The summed E-state index contributed by atoms with van der Waals surface area (Å²) in [5.41, 5.74) is 1.16. The Kier molecular flexibility index (Phi) is 6.05. The number of nitrogens with one attached hydrogen (secondary N) is 1. The smallest absolute Gasteiger partial charge is 0.317 e. The van der Waals surface area contributed by atoms with Gasteiger partial charge in [0.25, 0.3) is 0 Å². The van der Waals surface area contributed by atoms with Gasteiger partial charge in [0.1, 0.15) is 0 Å². The number of urea groups is 1. The molecule has 4 heteroatoms. The van der Waals surface area contributed by atoms with Crippen molar-refractivity contribution in [2.24, 2.45) is 5.92 Å². The van der Waals surface area contributed by atoms with Crippen LogP contribution in [0.4, 0.5) is 4.79 Å². The first-order valence-electron chi connectivity index (χ1n) is 7.83. The van der Waals surface area contributed by atoms with Gasteiger partial charge in [0.15, 0.2) is 0 Å². The van der Waals surface area contributed by atoms with Gasteiger partial charge in [-0.25, -0.2) is 4.79 Å². The SMILES string of the molecule is CC(C)N(Cc1ccccc1)C(=O)NCC1CCOCC1. The van der Waals surface area contributed by atoms with Crippen LogP contribution in [0.5, 0.6) is 0 Å². The zero-order chi connectivity index (χ0) is 15.1. The molecule has 2 rings (SSSR count). The molecule has 1 aliphatic heterocycles. The van der Waals surface area contributed by atoms with Gasteiger partial charge in [0.05, 0.1) is 0 Å². The number of rotatable bonds is 5. The minimum atomic E-state index is 0.0281. The fourth-order valence-electron chi connectivity index (χ4n) is 2.55. The van der Waals surface area contributed by atoms with Gasteiger partial charge in [-0.15, -0.1) is 0 Å². The quantitative estimate of drug-likeness (QED) is 0.905. The van der Waals surface area contributed by atoms with Gasteiger partial charge in [-0.1, -0.05) is 30.3 Å². The summed E-state index contributed by atoms with van der Waals surface area (Å²) in [5.74, 6) is 0.549. The molecule has 1 N–H and O–H groups in total. The van der Waals surface area contributed by atoms with Gasteiger partial charge < -0.3 is 15.0 Å². The van der Waals surface area contributed by atoms with E-state index in [9.17, 15) is 4.79 Å². The third kappa shape index (κ3) is 5.05. The number of amides is 2. The molecule has 0 atom stereocenters. The average Bonchev–Trinajstić information content (AvgIpc) is 2.52. The van der Waals surface area contributed by atoms with Crippen LogP contribution in [0.25, 0.3) is 0 Å². The summed E-state index contributed by atoms with van der Waals surface area (Å²) in [6.07, 6.45) is 2.08. The Hall–Kier alpha value is -1.55. The normalized spacial score (nSPS) is 16.0. The highest BCUT2D eigenvalue weighted by atomic mass is 16.5. The molecule has 1 saturated heterocycles. The van der Waals surface area contributed by atoms with Crippen molar-refractivity contribution in [3.8, 4) is 0 Å². The number of hydrogen-bond donors (Lipinski definition) is 1. The standard InChI is InChI=1S/C17H26N2O2/c1-14(2)19(13-16-6-4-3-5-7-16)17(20)18-12-15-8-10-21-11-9-15/h3-7,14-15H,8-13H2,1-2H3,(H,18,20). The Balaban J connectivity index is 1.86. The van der Waals surface area contributed by atoms with Crippen molar-refractivity contribution >= 4 is 6.03 Å². The van der Waals surface area contributed by atoms with Gasteiger partial charge >= 0.3 is 6.03 Å². The van der Waals surface area contributed by atoms with Crippen LogP contribution in [0, 0.1) is 5.92 Å². The molecule has 0 aliphatic carbocycles. The second-order valence-corrected chi connectivity index (χ2v) is 5.95. The highest BCUT2D eigenvalue weighted by Crippen LogP contribution is 2.14. The molecule has 0 saturated carbocycles. The highest BCUT2D eigenvalue weighted by molar-refractivity contribution is 5.74. The number of benzene rings is 1. The molecule has 1 aliphatic rings. The van der Waals surface area contributed by atoms with Crippen molar-refractivity contribution in [1.82, 2.24) is 10.2 Å². The third-order valence-electron chi connectivity index (χ3n) is 3.96. The van der Waals surface area contributed by atoms with Crippen molar-refractivity contribution in [2.45, 2.75) is 39.3 Å². The molecule has 0 aromatic heterocycles. The van der Waals surface area contributed by atoms with E-state index in [1.54, 1.807) is 0 Å². The third-order valence-corrected chi connectivity index (χ3v) is 3.96. The number of carbonyl (C=O) groups is 1. The second kappa shape index (κ2) is 8.03. The minimum absolute atomic E-state index is 0.0281. The Morgan fingerprint density at radius 3 is 2.57 bits per heavy atom. The van der Waals surface area contributed by atoms with Crippen molar-refractivity contribution in [1.29, 1.82) is 0 Å². The van der Waals surface area contributed by atoms with E-state index in [0.29, 0.717) is 12.5 Å². The topological polar surface area (TPSA) is 41.6 Å². The average molecular weight is 290 g/mol. The lowest BCUT2D eigenvalue weighted by molar-refractivity contribution is 0.0661. The zero-order valence-electron chi connectivity index (χ0n) is 13.0. The summed E-state index contributed by atoms with van der Waals surface area (Å²) in [7, 11) is 0. The molecular weight excluding hydrogens is 264 g/mol. The highest BCUT2D eigenvalue weighted by Gasteiger charge is 2.19. The molecular formula is C17H26N2O2. The van der Waals surface area contributed by atoms with Crippen LogP contribution in [0.1, 0.15) is 32.3 Å². The maximum atomic E-state index is 12.4.